The maximum Gasteiger partial charge on any atom is 0.264 e. The number of nitrogens with one attached hydrogen (secondary N) is 1. The van der Waals surface area contributed by atoms with Crippen LogP contribution in [-0.2, 0) is 16.6 Å². The molecule has 0 aromatic heterocycles. The summed E-state index contributed by atoms with van der Waals surface area (Å²) in [5.41, 5.74) is 6.14. The molecule has 2 aromatic rings. The minimum atomic E-state index is -4.06. The quantitative estimate of drug-likeness (QED) is 0.911. The topological polar surface area (TPSA) is 72.2 Å². The van der Waals surface area contributed by atoms with Crippen molar-refractivity contribution in [3.8, 4) is 0 Å². The van der Waals surface area contributed by atoms with Gasteiger partial charge in [0.25, 0.3) is 10.0 Å². The van der Waals surface area contributed by atoms with Gasteiger partial charge in [-0.05, 0) is 29.8 Å². The van der Waals surface area contributed by atoms with E-state index in [-0.39, 0.29) is 17.3 Å². The zero-order chi connectivity index (χ0) is 14.8. The second-order valence-corrected chi connectivity index (χ2v) is 6.11. The molecule has 0 saturated heterocycles. The number of nitrogens with two attached hydrogens (primary N) is 1. The van der Waals surface area contributed by atoms with Crippen molar-refractivity contribution in [1.29, 1.82) is 0 Å². The molecule has 2 aromatic carbocycles. The van der Waals surface area contributed by atoms with E-state index in [1.54, 1.807) is 12.1 Å². The average molecular weight is 315 g/mol. The van der Waals surface area contributed by atoms with Gasteiger partial charge in [-0.25, -0.2) is 12.8 Å². The molecule has 0 aliphatic heterocycles. The SMILES string of the molecule is NCc1ccc(F)c(S(=O)(=O)Nc2ccccc2Cl)c1. The van der Waals surface area contributed by atoms with Crippen LogP contribution in [0.3, 0.4) is 0 Å². The third-order valence-corrected chi connectivity index (χ3v) is 4.35. The molecule has 0 fully saturated rings. The lowest BCUT2D eigenvalue weighted by molar-refractivity contribution is 0.569. The molecule has 0 bridgehead atoms. The summed E-state index contributed by atoms with van der Waals surface area (Å²) in [4.78, 5) is -0.458. The molecule has 106 valence electrons. The number of benzene rings is 2. The van der Waals surface area contributed by atoms with Crippen molar-refractivity contribution in [1.82, 2.24) is 0 Å². The van der Waals surface area contributed by atoms with Crippen molar-refractivity contribution in [3.63, 3.8) is 0 Å². The van der Waals surface area contributed by atoms with Gasteiger partial charge in [-0.3, -0.25) is 4.72 Å². The summed E-state index contributed by atoms with van der Waals surface area (Å²) in [6.07, 6.45) is 0. The number of para-hydroxylation sites is 1. The Labute approximate surface area is 121 Å². The molecule has 20 heavy (non-hydrogen) atoms. The molecule has 7 heteroatoms. The summed E-state index contributed by atoms with van der Waals surface area (Å²) in [6, 6.07) is 10.0. The summed E-state index contributed by atoms with van der Waals surface area (Å²) in [5, 5.41) is 0.228. The third-order valence-electron chi connectivity index (χ3n) is 2.64. The molecule has 2 rings (SSSR count). The Balaban J connectivity index is 2.43. The van der Waals surface area contributed by atoms with Crippen molar-refractivity contribution in [3.05, 3.63) is 58.9 Å². The molecular weight excluding hydrogens is 303 g/mol. The van der Waals surface area contributed by atoms with E-state index in [0.29, 0.717) is 5.56 Å². The van der Waals surface area contributed by atoms with Crippen LogP contribution in [0.2, 0.25) is 5.02 Å². The van der Waals surface area contributed by atoms with Crippen LogP contribution in [-0.4, -0.2) is 8.42 Å². The molecular formula is C13H12ClFN2O2S. The van der Waals surface area contributed by atoms with E-state index in [2.05, 4.69) is 4.72 Å². The van der Waals surface area contributed by atoms with Gasteiger partial charge in [0.1, 0.15) is 10.7 Å². The van der Waals surface area contributed by atoms with Crippen LogP contribution in [0.4, 0.5) is 10.1 Å². The normalized spacial score (nSPS) is 11.3. The highest BCUT2D eigenvalue weighted by Gasteiger charge is 2.20. The molecule has 0 spiro atoms. The Morgan fingerprint density at radius 2 is 1.90 bits per heavy atom. The highest BCUT2D eigenvalue weighted by atomic mass is 35.5. The van der Waals surface area contributed by atoms with E-state index in [1.165, 1.54) is 24.3 Å². The van der Waals surface area contributed by atoms with E-state index < -0.39 is 20.7 Å². The van der Waals surface area contributed by atoms with Crippen molar-refractivity contribution >= 4 is 27.3 Å². The van der Waals surface area contributed by atoms with E-state index in [1.807, 2.05) is 0 Å². The zero-order valence-electron chi connectivity index (χ0n) is 10.3. The standard InChI is InChI=1S/C13H12ClFN2O2S/c14-10-3-1-2-4-12(10)17-20(18,19)13-7-9(8-16)5-6-11(13)15/h1-7,17H,8,16H2. The molecule has 0 aliphatic rings. The molecule has 3 N–H and O–H groups in total. The fourth-order valence-corrected chi connectivity index (χ4v) is 3.07. The van der Waals surface area contributed by atoms with Crippen LogP contribution in [0, 0.1) is 5.82 Å². The van der Waals surface area contributed by atoms with Crippen LogP contribution < -0.4 is 10.5 Å². The largest absolute Gasteiger partial charge is 0.326 e. The molecule has 0 saturated carbocycles. The first kappa shape index (κ1) is 14.8. The minimum absolute atomic E-state index is 0.120. The molecule has 0 aliphatic carbocycles. The fraction of sp³-hybridized carbons (Fsp3) is 0.0769. The van der Waals surface area contributed by atoms with Gasteiger partial charge in [-0.2, -0.15) is 0 Å². The maximum atomic E-state index is 13.7. The summed E-state index contributed by atoms with van der Waals surface area (Å²) in [6.45, 7) is 0.120. The first-order valence-corrected chi connectivity index (χ1v) is 7.56. The summed E-state index contributed by atoms with van der Waals surface area (Å²) in [7, 11) is -4.06. The van der Waals surface area contributed by atoms with Crippen LogP contribution in [0.25, 0.3) is 0 Å². The van der Waals surface area contributed by atoms with Crippen molar-refractivity contribution in [2.45, 2.75) is 11.4 Å². The monoisotopic (exact) mass is 314 g/mol. The Morgan fingerprint density at radius 1 is 1.20 bits per heavy atom. The van der Waals surface area contributed by atoms with E-state index >= 15 is 0 Å². The number of anilines is 1. The molecule has 0 radical (unpaired) electrons. The van der Waals surface area contributed by atoms with Gasteiger partial charge in [0.05, 0.1) is 10.7 Å². The predicted molar refractivity (Wildman–Crippen MR) is 76.6 cm³/mol. The summed E-state index contributed by atoms with van der Waals surface area (Å²) < 4.78 is 40.4. The molecule has 0 unspecified atom stereocenters. The van der Waals surface area contributed by atoms with E-state index in [0.717, 1.165) is 6.07 Å². The minimum Gasteiger partial charge on any atom is -0.326 e. The van der Waals surface area contributed by atoms with Gasteiger partial charge in [0, 0.05) is 6.54 Å². The van der Waals surface area contributed by atoms with E-state index in [9.17, 15) is 12.8 Å². The van der Waals surface area contributed by atoms with Crippen molar-refractivity contribution in [2.75, 3.05) is 4.72 Å². The zero-order valence-corrected chi connectivity index (χ0v) is 11.9. The molecule has 0 atom stereocenters. The number of hydrogen-bond donors (Lipinski definition) is 2. The maximum absolute atomic E-state index is 13.7. The molecule has 4 nitrogen and oxygen atoms in total. The Morgan fingerprint density at radius 3 is 2.55 bits per heavy atom. The van der Waals surface area contributed by atoms with E-state index in [4.69, 9.17) is 17.3 Å². The fourth-order valence-electron chi connectivity index (χ4n) is 1.62. The number of rotatable bonds is 4. The molecule has 0 amide bonds. The van der Waals surface area contributed by atoms with Gasteiger partial charge < -0.3 is 5.73 Å². The third kappa shape index (κ3) is 3.09. The number of hydrogen-bond acceptors (Lipinski definition) is 3. The van der Waals surface area contributed by atoms with Crippen LogP contribution in [0.15, 0.2) is 47.4 Å². The first-order chi connectivity index (χ1) is 9.44. The van der Waals surface area contributed by atoms with Crippen molar-refractivity contribution < 1.29 is 12.8 Å². The highest BCUT2D eigenvalue weighted by Crippen LogP contribution is 2.25. The van der Waals surface area contributed by atoms with Gasteiger partial charge in [0.15, 0.2) is 0 Å². The van der Waals surface area contributed by atoms with Crippen LogP contribution in [0.5, 0.6) is 0 Å². The average Bonchev–Trinajstić information content (AvgIpc) is 2.41. The number of halogens is 2. The summed E-state index contributed by atoms with van der Waals surface area (Å²) >= 11 is 5.88. The Bertz CT molecular complexity index is 735. The van der Waals surface area contributed by atoms with Gasteiger partial charge in [-0.1, -0.05) is 29.8 Å². The second kappa shape index (κ2) is 5.78. The van der Waals surface area contributed by atoms with Crippen LogP contribution >= 0.6 is 11.6 Å². The predicted octanol–water partition coefficient (Wildman–Crippen LogP) is 2.74. The van der Waals surface area contributed by atoms with Crippen LogP contribution in [0.1, 0.15) is 5.56 Å². The van der Waals surface area contributed by atoms with Gasteiger partial charge >= 0.3 is 0 Å². The molecule has 0 heterocycles. The second-order valence-electron chi connectivity index (χ2n) is 4.05. The van der Waals surface area contributed by atoms with Gasteiger partial charge in [-0.15, -0.1) is 0 Å². The lowest BCUT2D eigenvalue weighted by Crippen LogP contribution is -2.15. The Kier molecular flexibility index (Phi) is 4.27. The lowest BCUT2D eigenvalue weighted by atomic mass is 10.2. The summed E-state index contributed by atoms with van der Waals surface area (Å²) in [5.74, 6) is -0.846. The van der Waals surface area contributed by atoms with Gasteiger partial charge in [0.2, 0.25) is 0 Å². The first-order valence-electron chi connectivity index (χ1n) is 5.70. The number of sulfonamides is 1. The Hall–Kier alpha value is -1.63. The highest BCUT2D eigenvalue weighted by molar-refractivity contribution is 7.92. The van der Waals surface area contributed by atoms with Crippen molar-refractivity contribution in [2.24, 2.45) is 5.73 Å². The smallest absolute Gasteiger partial charge is 0.264 e. The lowest BCUT2D eigenvalue weighted by Gasteiger charge is -2.11.